The van der Waals surface area contributed by atoms with Gasteiger partial charge in [0.2, 0.25) is 0 Å². The predicted molar refractivity (Wildman–Crippen MR) is 91.7 cm³/mol. The molecule has 0 atom stereocenters. The number of halogens is 1. The summed E-state index contributed by atoms with van der Waals surface area (Å²) in [5.41, 5.74) is 1.84. The fraction of sp³-hybridized carbons (Fsp3) is 0.125. The summed E-state index contributed by atoms with van der Waals surface area (Å²) in [6.45, 7) is 1.98. The predicted octanol–water partition coefficient (Wildman–Crippen LogP) is 4.68. The van der Waals surface area contributed by atoms with Gasteiger partial charge in [0.05, 0.1) is 4.90 Å². The molecule has 3 rings (SSSR count). The van der Waals surface area contributed by atoms with E-state index in [-0.39, 0.29) is 0 Å². The van der Waals surface area contributed by atoms with Crippen LogP contribution in [0.1, 0.15) is 5.69 Å². The number of nitrogens with one attached hydrogen (secondary N) is 1. The molecule has 114 valence electrons. The molecule has 1 heterocycles. The second-order valence-electron chi connectivity index (χ2n) is 5.11. The molecule has 0 aliphatic heterocycles. The van der Waals surface area contributed by atoms with Crippen LogP contribution in [0, 0.1) is 6.92 Å². The van der Waals surface area contributed by atoms with Gasteiger partial charge in [-0.2, -0.15) is 0 Å². The van der Waals surface area contributed by atoms with Crippen molar-refractivity contribution < 1.29 is 8.42 Å². The van der Waals surface area contributed by atoms with Crippen molar-refractivity contribution in [3.63, 3.8) is 0 Å². The van der Waals surface area contributed by atoms with E-state index in [2.05, 4.69) is 4.98 Å². The Hall–Kier alpha value is -1.43. The molecule has 0 spiro atoms. The van der Waals surface area contributed by atoms with Gasteiger partial charge in [0, 0.05) is 37.7 Å². The summed E-state index contributed by atoms with van der Waals surface area (Å²) in [5.74, 6) is 0. The van der Waals surface area contributed by atoms with Crippen LogP contribution in [0.3, 0.4) is 0 Å². The number of hydrogen-bond acceptors (Lipinski definition) is 3. The van der Waals surface area contributed by atoms with Crippen molar-refractivity contribution in [2.45, 2.75) is 21.6 Å². The van der Waals surface area contributed by atoms with Gasteiger partial charge >= 0.3 is 0 Å². The van der Waals surface area contributed by atoms with Crippen molar-refractivity contribution >= 4 is 44.1 Å². The quantitative estimate of drug-likeness (QED) is 0.745. The number of aromatic amines is 1. The highest BCUT2D eigenvalue weighted by molar-refractivity contribution is 7.99. The van der Waals surface area contributed by atoms with Crippen molar-refractivity contribution in [1.29, 1.82) is 0 Å². The van der Waals surface area contributed by atoms with Crippen LogP contribution >= 0.6 is 23.4 Å². The fourth-order valence-electron chi connectivity index (χ4n) is 2.27. The lowest BCUT2D eigenvalue weighted by Gasteiger charge is -2.03. The second-order valence-corrected chi connectivity index (χ2v) is 8.65. The average Bonchev–Trinajstić information content (AvgIpc) is 2.76. The third-order valence-electron chi connectivity index (χ3n) is 3.36. The van der Waals surface area contributed by atoms with Gasteiger partial charge < -0.3 is 4.98 Å². The molecule has 2 aromatic carbocycles. The molecule has 0 aliphatic rings. The van der Waals surface area contributed by atoms with Crippen LogP contribution in [0.2, 0.25) is 5.02 Å². The van der Waals surface area contributed by atoms with E-state index in [0.29, 0.717) is 9.92 Å². The van der Waals surface area contributed by atoms with E-state index in [1.54, 1.807) is 23.9 Å². The molecule has 1 N–H and O–H groups in total. The lowest BCUT2D eigenvalue weighted by Crippen LogP contribution is -1.96. The standard InChI is InChI=1S/C16H14ClNO2S2/c1-10-16(21-12-5-3-11(17)4-6-12)14-8-7-13(22(2,19)20)9-15(14)18-10/h3-9,18H,1-2H3. The average molecular weight is 352 g/mol. The lowest BCUT2D eigenvalue weighted by molar-refractivity contribution is 0.602. The molecule has 0 saturated heterocycles. The summed E-state index contributed by atoms with van der Waals surface area (Å²) in [4.78, 5) is 5.76. The monoisotopic (exact) mass is 351 g/mol. The second kappa shape index (κ2) is 5.65. The van der Waals surface area contributed by atoms with Crippen LogP contribution in [0.15, 0.2) is 57.2 Å². The zero-order valence-corrected chi connectivity index (χ0v) is 14.4. The number of benzene rings is 2. The van der Waals surface area contributed by atoms with Gasteiger partial charge in [0.15, 0.2) is 9.84 Å². The Bertz CT molecular complexity index is 944. The van der Waals surface area contributed by atoms with E-state index in [1.165, 1.54) is 6.26 Å². The van der Waals surface area contributed by atoms with E-state index in [9.17, 15) is 8.42 Å². The summed E-state index contributed by atoms with van der Waals surface area (Å²) in [7, 11) is -3.20. The van der Waals surface area contributed by atoms with Crippen LogP contribution in [0.25, 0.3) is 10.9 Å². The maximum absolute atomic E-state index is 11.7. The van der Waals surface area contributed by atoms with Gasteiger partial charge in [0.1, 0.15) is 0 Å². The van der Waals surface area contributed by atoms with Crippen molar-refractivity contribution in [2.24, 2.45) is 0 Å². The topological polar surface area (TPSA) is 49.9 Å². The highest BCUT2D eigenvalue weighted by Crippen LogP contribution is 2.37. The SMILES string of the molecule is Cc1[nH]c2cc(S(C)(=O)=O)ccc2c1Sc1ccc(Cl)cc1. The number of hydrogen-bond donors (Lipinski definition) is 1. The Labute approximate surface area is 138 Å². The largest absolute Gasteiger partial charge is 0.358 e. The molecule has 0 bridgehead atoms. The number of aromatic nitrogens is 1. The zero-order valence-electron chi connectivity index (χ0n) is 12.1. The van der Waals surface area contributed by atoms with Gasteiger partial charge in [-0.25, -0.2) is 8.42 Å². The van der Waals surface area contributed by atoms with E-state index in [0.717, 1.165) is 26.4 Å². The number of aryl methyl sites for hydroxylation is 1. The van der Waals surface area contributed by atoms with Gasteiger partial charge in [0.25, 0.3) is 0 Å². The maximum Gasteiger partial charge on any atom is 0.175 e. The Morgan fingerprint density at radius 2 is 1.77 bits per heavy atom. The zero-order chi connectivity index (χ0) is 15.9. The third-order valence-corrected chi connectivity index (χ3v) is 5.96. The minimum atomic E-state index is -3.20. The maximum atomic E-state index is 11.7. The van der Waals surface area contributed by atoms with Crippen LogP contribution < -0.4 is 0 Å². The molecule has 6 heteroatoms. The summed E-state index contributed by atoms with van der Waals surface area (Å²) in [6, 6.07) is 12.8. The molecule has 0 radical (unpaired) electrons. The first-order chi connectivity index (χ1) is 10.3. The van der Waals surface area contributed by atoms with E-state index < -0.39 is 9.84 Å². The molecule has 3 nitrogen and oxygen atoms in total. The molecular formula is C16H14ClNO2S2. The summed E-state index contributed by atoms with van der Waals surface area (Å²) in [5, 5.41) is 1.72. The van der Waals surface area contributed by atoms with Crippen LogP contribution in [0.4, 0.5) is 0 Å². The minimum absolute atomic E-state index is 0.323. The normalized spacial score (nSPS) is 12.0. The van der Waals surface area contributed by atoms with Gasteiger partial charge in [-0.3, -0.25) is 0 Å². The molecule has 0 unspecified atom stereocenters. The Morgan fingerprint density at radius 3 is 2.41 bits per heavy atom. The highest BCUT2D eigenvalue weighted by Gasteiger charge is 2.13. The highest BCUT2D eigenvalue weighted by atomic mass is 35.5. The Morgan fingerprint density at radius 1 is 1.09 bits per heavy atom. The van der Waals surface area contributed by atoms with Crippen molar-refractivity contribution in [2.75, 3.05) is 6.26 Å². The summed E-state index contributed by atoms with van der Waals surface area (Å²) in [6.07, 6.45) is 1.22. The number of fused-ring (bicyclic) bond motifs is 1. The van der Waals surface area contributed by atoms with Crippen LogP contribution in [-0.4, -0.2) is 19.7 Å². The van der Waals surface area contributed by atoms with Gasteiger partial charge in [-0.1, -0.05) is 29.4 Å². The molecule has 0 aliphatic carbocycles. The molecule has 0 saturated carbocycles. The van der Waals surface area contributed by atoms with Crippen molar-refractivity contribution in [3.05, 3.63) is 53.2 Å². The third kappa shape index (κ3) is 3.02. The van der Waals surface area contributed by atoms with Gasteiger partial charge in [-0.05, 0) is 43.3 Å². The first-order valence-corrected chi connectivity index (χ1v) is 9.69. The number of sulfone groups is 1. The molecule has 1 aromatic heterocycles. The van der Waals surface area contributed by atoms with E-state index in [1.807, 2.05) is 37.3 Å². The first-order valence-electron chi connectivity index (χ1n) is 6.60. The molecular weight excluding hydrogens is 338 g/mol. The summed E-state index contributed by atoms with van der Waals surface area (Å²) >= 11 is 7.54. The minimum Gasteiger partial charge on any atom is -0.358 e. The van der Waals surface area contributed by atoms with Gasteiger partial charge in [-0.15, -0.1) is 0 Å². The Balaban J connectivity index is 2.06. The number of rotatable bonds is 3. The van der Waals surface area contributed by atoms with Crippen LogP contribution in [-0.2, 0) is 9.84 Å². The lowest BCUT2D eigenvalue weighted by atomic mass is 10.2. The molecule has 22 heavy (non-hydrogen) atoms. The fourth-order valence-corrected chi connectivity index (χ4v) is 4.04. The molecule has 0 fully saturated rings. The van der Waals surface area contributed by atoms with Crippen molar-refractivity contribution in [3.8, 4) is 0 Å². The van der Waals surface area contributed by atoms with E-state index in [4.69, 9.17) is 11.6 Å². The van der Waals surface area contributed by atoms with E-state index >= 15 is 0 Å². The Kier molecular flexibility index (Phi) is 3.97. The van der Waals surface area contributed by atoms with Crippen LogP contribution in [0.5, 0.6) is 0 Å². The smallest absolute Gasteiger partial charge is 0.175 e. The number of H-pyrrole nitrogens is 1. The van der Waals surface area contributed by atoms with Crippen molar-refractivity contribution in [1.82, 2.24) is 4.98 Å². The first kappa shape index (κ1) is 15.5. The molecule has 0 amide bonds. The summed E-state index contributed by atoms with van der Waals surface area (Å²) < 4.78 is 23.3. The molecule has 3 aromatic rings.